The molecular formula is C25H24N2O5. The van der Waals surface area contributed by atoms with Gasteiger partial charge in [-0.3, -0.25) is 9.78 Å². The van der Waals surface area contributed by atoms with Crippen LogP contribution in [0.25, 0.3) is 10.9 Å². The first-order chi connectivity index (χ1) is 15.6. The van der Waals surface area contributed by atoms with Crippen molar-refractivity contribution in [1.82, 2.24) is 9.88 Å². The molecule has 1 N–H and O–H groups in total. The van der Waals surface area contributed by atoms with E-state index >= 15 is 0 Å². The predicted molar refractivity (Wildman–Crippen MR) is 117 cm³/mol. The van der Waals surface area contributed by atoms with Gasteiger partial charge in [-0.1, -0.05) is 6.07 Å². The minimum atomic E-state index is -0.554. The van der Waals surface area contributed by atoms with Crippen LogP contribution < -0.4 is 14.2 Å². The van der Waals surface area contributed by atoms with E-state index in [1.165, 1.54) is 0 Å². The Balaban J connectivity index is 1.14. The topological polar surface area (TPSA) is 81.1 Å². The smallest absolute Gasteiger partial charge is 0.254 e. The van der Waals surface area contributed by atoms with Crippen LogP contribution in [-0.2, 0) is 0 Å². The molecule has 1 saturated heterocycles. The maximum absolute atomic E-state index is 13.1. The zero-order valence-electron chi connectivity index (χ0n) is 17.5. The molecule has 0 spiro atoms. The van der Waals surface area contributed by atoms with Gasteiger partial charge < -0.3 is 24.2 Å². The first-order valence-electron chi connectivity index (χ1n) is 11.0. The van der Waals surface area contributed by atoms with E-state index in [2.05, 4.69) is 4.98 Å². The molecule has 1 aliphatic carbocycles. The van der Waals surface area contributed by atoms with Crippen LogP contribution in [0.5, 0.6) is 17.2 Å². The number of likely N-dealkylation sites (tertiary alicyclic amines) is 1. The molecule has 1 aromatic heterocycles. The van der Waals surface area contributed by atoms with Gasteiger partial charge in [-0.05, 0) is 67.1 Å². The summed E-state index contributed by atoms with van der Waals surface area (Å²) < 4.78 is 17.0. The number of carbonyl (C=O) groups is 1. The number of rotatable bonds is 3. The highest BCUT2D eigenvalue weighted by Crippen LogP contribution is 2.39. The minimum Gasteiger partial charge on any atom is -0.488 e. The number of fused-ring (bicyclic) bond motifs is 3. The van der Waals surface area contributed by atoms with Crippen molar-refractivity contribution in [2.24, 2.45) is 11.8 Å². The highest BCUT2D eigenvalue weighted by atomic mass is 16.7. The second kappa shape index (κ2) is 7.67. The summed E-state index contributed by atoms with van der Waals surface area (Å²) in [5, 5.41) is 11.8. The third kappa shape index (κ3) is 3.42. The van der Waals surface area contributed by atoms with Gasteiger partial charge in [0.1, 0.15) is 11.9 Å². The lowest BCUT2D eigenvalue weighted by atomic mass is 9.78. The van der Waals surface area contributed by atoms with Gasteiger partial charge in [-0.2, -0.15) is 0 Å². The number of amides is 1. The van der Waals surface area contributed by atoms with Crippen molar-refractivity contribution in [1.29, 1.82) is 0 Å². The van der Waals surface area contributed by atoms with Crippen molar-refractivity contribution in [3.8, 4) is 17.2 Å². The molecule has 4 atom stereocenters. The Hall–Kier alpha value is -3.32. The molecule has 0 radical (unpaired) electrons. The van der Waals surface area contributed by atoms with Gasteiger partial charge in [0, 0.05) is 30.2 Å². The Morgan fingerprint density at radius 2 is 1.88 bits per heavy atom. The minimum absolute atomic E-state index is 0.00770. The summed E-state index contributed by atoms with van der Waals surface area (Å²) in [7, 11) is 0. The summed E-state index contributed by atoms with van der Waals surface area (Å²) >= 11 is 0. The number of benzene rings is 2. The van der Waals surface area contributed by atoms with Crippen LogP contribution in [0.2, 0.25) is 0 Å². The first-order valence-corrected chi connectivity index (χ1v) is 11.0. The fourth-order valence-electron chi connectivity index (χ4n) is 5.20. The lowest BCUT2D eigenvalue weighted by Gasteiger charge is -2.35. The number of hydrogen-bond acceptors (Lipinski definition) is 6. The number of hydrogen-bond donors (Lipinski definition) is 1. The van der Waals surface area contributed by atoms with Crippen molar-refractivity contribution in [2.75, 3.05) is 19.9 Å². The van der Waals surface area contributed by atoms with Gasteiger partial charge in [0.05, 0.1) is 11.6 Å². The Morgan fingerprint density at radius 1 is 1.03 bits per heavy atom. The number of ether oxygens (including phenoxy) is 3. The van der Waals surface area contributed by atoms with Crippen LogP contribution in [0.1, 0.15) is 23.2 Å². The number of pyridine rings is 1. The van der Waals surface area contributed by atoms with Crippen molar-refractivity contribution < 1.29 is 24.1 Å². The Labute approximate surface area is 185 Å². The van der Waals surface area contributed by atoms with Crippen molar-refractivity contribution in [3.05, 3.63) is 60.3 Å². The molecule has 3 aromatic rings. The quantitative estimate of drug-likeness (QED) is 0.684. The lowest BCUT2D eigenvalue weighted by molar-refractivity contribution is -0.0230. The van der Waals surface area contributed by atoms with Crippen LogP contribution in [-0.4, -0.2) is 53.0 Å². The Morgan fingerprint density at radius 3 is 2.78 bits per heavy atom. The molecule has 0 unspecified atom stereocenters. The normalized spacial score (nSPS) is 26.2. The van der Waals surface area contributed by atoms with Gasteiger partial charge >= 0.3 is 0 Å². The molecule has 164 valence electrons. The predicted octanol–water partition coefficient (Wildman–Crippen LogP) is 3.25. The molecule has 2 aliphatic heterocycles. The van der Waals surface area contributed by atoms with Crippen LogP contribution in [0.15, 0.2) is 54.7 Å². The first kappa shape index (κ1) is 19.4. The SMILES string of the molecule is O=C(c1ccc2c(c1)OCO2)N1C[C@H]2C[C@@H](Oc3ccc4ncccc4c3)[C@H](O)C[C@H]2C1. The Bertz CT molecular complexity index is 1180. The molecule has 2 fully saturated rings. The summed E-state index contributed by atoms with van der Waals surface area (Å²) in [6, 6.07) is 15.0. The van der Waals surface area contributed by atoms with E-state index < -0.39 is 6.10 Å². The summed E-state index contributed by atoms with van der Waals surface area (Å²) in [6.45, 7) is 1.52. The summed E-state index contributed by atoms with van der Waals surface area (Å²) in [5.41, 5.74) is 1.52. The third-order valence-corrected chi connectivity index (χ3v) is 6.85. The van der Waals surface area contributed by atoms with Gasteiger partial charge in [0.2, 0.25) is 6.79 Å². The lowest BCUT2D eigenvalue weighted by Crippen LogP contribution is -2.42. The monoisotopic (exact) mass is 432 g/mol. The van der Waals surface area contributed by atoms with E-state index in [4.69, 9.17) is 14.2 Å². The zero-order valence-corrected chi connectivity index (χ0v) is 17.5. The van der Waals surface area contributed by atoms with Crippen LogP contribution >= 0.6 is 0 Å². The number of aromatic nitrogens is 1. The summed E-state index contributed by atoms with van der Waals surface area (Å²) in [5.74, 6) is 2.60. The number of carbonyl (C=O) groups excluding carboxylic acids is 1. The molecule has 1 saturated carbocycles. The van der Waals surface area contributed by atoms with E-state index in [1.807, 2.05) is 35.2 Å². The van der Waals surface area contributed by atoms with Gasteiger partial charge in [-0.15, -0.1) is 0 Å². The average Bonchev–Trinajstić information content (AvgIpc) is 3.45. The van der Waals surface area contributed by atoms with Crippen molar-refractivity contribution in [2.45, 2.75) is 25.0 Å². The molecule has 7 heteroatoms. The van der Waals surface area contributed by atoms with Gasteiger partial charge in [-0.25, -0.2) is 0 Å². The van der Waals surface area contributed by atoms with Crippen molar-refractivity contribution >= 4 is 16.8 Å². The van der Waals surface area contributed by atoms with E-state index in [-0.39, 0.29) is 24.7 Å². The second-order valence-electron chi connectivity index (χ2n) is 8.85. The molecule has 1 amide bonds. The molecule has 6 rings (SSSR count). The number of aliphatic hydroxyl groups is 1. The third-order valence-electron chi connectivity index (χ3n) is 6.85. The van der Waals surface area contributed by atoms with E-state index in [1.54, 1.807) is 24.4 Å². The van der Waals surface area contributed by atoms with E-state index in [0.29, 0.717) is 42.5 Å². The van der Waals surface area contributed by atoms with E-state index in [0.717, 1.165) is 23.1 Å². The fraction of sp³-hybridized carbons (Fsp3) is 0.360. The fourth-order valence-corrected chi connectivity index (χ4v) is 5.20. The zero-order chi connectivity index (χ0) is 21.7. The van der Waals surface area contributed by atoms with E-state index in [9.17, 15) is 9.90 Å². The number of aliphatic hydroxyl groups excluding tert-OH is 1. The molecule has 3 heterocycles. The van der Waals surface area contributed by atoms with Crippen LogP contribution in [0, 0.1) is 11.8 Å². The van der Waals surface area contributed by atoms with Gasteiger partial charge in [0.25, 0.3) is 5.91 Å². The molecule has 7 nitrogen and oxygen atoms in total. The molecular weight excluding hydrogens is 408 g/mol. The van der Waals surface area contributed by atoms with Gasteiger partial charge in [0.15, 0.2) is 11.5 Å². The highest BCUT2D eigenvalue weighted by Gasteiger charge is 2.44. The Kier molecular flexibility index (Phi) is 4.64. The molecule has 0 bridgehead atoms. The maximum atomic E-state index is 13.1. The maximum Gasteiger partial charge on any atom is 0.254 e. The highest BCUT2D eigenvalue weighted by molar-refractivity contribution is 5.95. The molecule has 32 heavy (non-hydrogen) atoms. The summed E-state index contributed by atoms with van der Waals surface area (Å²) in [4.78, 5) is 19.3. The van der Waals surface area contributed by atoms with Crippen LogP contribution in [0.4, 0.5) is 0 Å². The standard InChI is InChI=1S/C25H24N2O5/c28-21-9-17-12-27(25(29)16-3-6-22-24(10-16)31-14-30-22)13-18(17)11-23(21)32-19-4-5-20-15(8-19)2-1-7-26-20/h1-8,10,17-18,21,23,28H,9,11-14H2/t17-,18+,21+,23+/m0/s1. The largest absolute Gasteiger partial charge is 0.488 e. The molecule has 2 aromatic carbocycles. The van der Waals surface area contributed by atoms with Crippen molar-refractivity contribution in [3.63, 3.8) is 0 Å². The molecule has 3 aliphatic rings. The summed E-state index contributed by atoms with van der Waals surface area (Å²) in [6.07, 6.45) is 2.29. The van der Waals surface area contributed by atoms with Crippen LogP contribution in [0.3, 0.4) is 0 Å². The second-order valence-corrected chi connectivity index (χ2v) is 8.85. The number of nitrogens with zero attached hydrogens (tertiary/aromatic N) is 2. The average molecular weight is 432 g/mol.